The minimum absolute atomic E-state index is 0.259. The van der Waals surface area contributed by atoms with Crippen LogP contribution in [-0.2, 0) is 4.79 Å². The van der Waals surface area contributed by atoms with Crippen molar-refractivity contribution in [3.8, 4) is 0 Å². The molecule has 0 spiro atoms. The zero-order valence-electron chi connectivity index (χ0n) is 12.0. The zero-order valence-corrected chi connectivity index (χ0v) is 12.0. The minimum Gasteiger partial charge on any atom is -0.342 e. The number of rotatable bonds is 6. The van der Waals surface area contributed by atoms with Crippen molar-refractivity contribution in [1.29, 1.82) is 0 Å². The van der Waals surface area contributed by atoms with E-state index in [1.54, 1.807) is 0 Å². The van der Waals surface area contributed by atoms with Gasteiger partial charge in [0, 0.05) is 31.7 Å². The van der Waals surface area contributed by atoms with Crippen LogP contribution in [0.5, 0.6) is 0 Å². The van der Waals surface area contributed by atoms with Gasteiger partial charge in [-0.2, -0.15) is 0 Å². The summed E-state index contributed by atoms with van der Waals surface area (Å²) in [5.74, 6) is 0.259. The van der Waals surface area contributed by atoms with Crippen LogP contribution >= 0.6 is 0 Å². The van der Waals surface area contributed by atoms with Crippen LogP contribution in [0.25, 0.3) is 0 Å². The number of nitrogens with zero attached hydrogens (tertiary/aromatic N) is 2. The van der Waals surface area contributed by atoms with Gasteiger partial charge in [0.15, 0.2) is 0 Å². The summed E-state index contributed by atoms with van der Waals surface area (Å²) in [6, 6.07) is 1.56. The normalized spacial score (nSPS) is 23.9. The third-order valence-electron chi connectivity index (χ3n) is 4.19. The fourth-order valence-corrected chi connectivity index (χ4v) is 2.55. The minimum atomic E-state index is 0.259. The van der Waals surface area contributed by atoms with Crippen LogP contribution in [0.2, 0.25) is 0 Å². The molecular formula is C14H27N3O. The Balaban J connectivity index is 1.83. The maximum Gasteiger partial charge on any atom is 0.236 e. The Morgan fingerprint density at radius 2 is 2.06 bits per heavy atom. The first-order valence-electron chi connectivity index (χ1n) is 7.31. The van der Waals surface area contributed by atoms with Crippen LogP contribution in [-0.4, -0.2) is 60.5 Å². The molecule has 2 aliphatic rings. The van der Waals surface area contributed by atoms with E-state index in [4.69, 9.17) is 0 Å². The molecule has 0 bridgehead atoms. The van der Waals surface area contributed by atoms with Gasteiger partial charge in [0.25, 0.3) is 0 Å². The highest BCUT2D eigenvalue weighted by atomic mass is 16.2. The second kappa shape index (κ2) is 6.02. The van der Waals surface area contributed by atoms with E-state index in [1.165, 1.54) is 25.7 Å². The molecule has 0 aromatic heterocycles. The van der Waals surface area contributed by atoms with Crippen LogP contribution in [0.1, 0.15) is 39.5 Å². The molecule has 104 valence electrons. The van der Waals surface area contributed by atoms with Crippen molar-refractivity contribution >= 4 is 5.91 Å². The Kier molecular flexibility index (Phi) is 4.62. The summed E-state index contributed by atoms with van der Waals surface area (Å²) in [7, 11) is 1.91. The molecule has 0 aromatic rings. The highest BCUT2D eigenvalue weighted by molar-refractivity contribution is 5.78. The quantitative estimate of drug-likeness (QED) is 0.769. The first-order chi connectivity index (χ1) is 8.58. The zero-order chi connectivity index (χ0) is 13.1. The van der Waals surface area contributed by atoms with Gasteiger partial charge in [-0.05, 0) is 46.1 Å². The number of nitrogens with one attached hydrogen (secondary N) is 1. The summed E-state index contributed by atoms with van der Waals surface area (Å²) in [5, 5.41) is 3.53. The van der Waals surface area contributed by atoms with Gasteiger partial charge < -0.3 is 10.2 Å². The fraction of sp³-hybridized carbons (Fsp3) is 0.929. The number of likely N-dealkylation sites (N-methyl/N-ethyl adjacent to an activating group) is 1. The van der Waals surface area contributed by atoms with E-state index >= 15 is 0 Å². The summed E-state index contributed by atoms with van der Waals surface area (Å²) in [6.07, 6.45) is 5.08. The van der Waals surface area contributed by atoms with Gasteiger partial charge in [0.1, 0.15) is 0 Å². The smallest absolute Gasteiger partial charge is 0.236 e. The van der Waals surface area contributed by atoms with Crippen LogP contribution in [0.3, 0.4) is 0 Å². The number of carbonyl (C=O) groups excluding carboxylic acids is 1. The Morgan fingerprint density at radius 3 is 2.56 bits per heavy atom. The molecule has 4 nitrogen and oxygen atoms in total. The van der Waals surface area contributed by atoms with Crippen molar-refractivity contribution in [3.05, 3.63) is 0 Å². The fourth-order valence-electron chi connectivity index (χ4n) is 2.55. The standard InChI is InChI=1S/C14H27N3O/c1-11(2)16(3)14(18)10-17(13-6-7-13)9-12-5-4-8-15-12/h11-13,15H,4-10H2,1-3H3. The summed E-state index contributed by atoms with van der Waals surface area (Å²) in [6.45, 7) is 6.92. The van der Waals surface area contributed by atoms with Crippen LogP contribution in [0.15, 0.2) is 0 Å². The van der Waals surface area contributed by atoms with Crippen molar-refractivity contribution in [1.82, 2.24) is 15.1 Å². The summed E-state index contributed by atoms with van der Waals surface area (Å²) in [5.41, 5.74) is 0. The predicted octanol–water partition coefficient (Wildman–Crippen LogP) is 1.07. The Bertz CT molecular complexity index is 283. The Hall–Kier alpha value is -0.610. The van der Waals surface area contributed by atoms with E-state index in [0.717, 1.165) is 13.1 Å². The lowest BCUT2D eigenvalue weighted by Crippen LogP contribution is -2.46. The van der Waals surface area contributed by atoms with Crippen LogP contribution in [0.4, 0.5) is 0 Å². The topological polar surface area (TPSA) is 35.6 Å². The lowest BCUT2D eigenvalue weighted by atomic mass is 10.2. The number of hydrogen-bond acceptors (Lipinski definition) is 3. The van der Waals surface area contributed by atoms with Gasteiger partial charge in [-0.3, -0.25) is 9.69 Å². The first kappa shape index (κ1) is 13.8. The summed E-state index contributed by atoms with van der Waals surface area (Å²) in [4.78, 5) is 16.4. The Morgan fingerprint density at radius 1 is 1.33 bits per heavy atom. The second-order valence-electron chi connectivity index (χ2n) is 6.05. The third-order valence-corrected chi connectivity index (χ3v) is 4.19. The van der Waals surface area contributed by atoms with E-state index < -0.39 is 0 Å². The Labute approximate surface area is 111 Å². The molecule has 0 radical (unpaired) electrons. The van der Waals surface area contributed by atoms with Crippen molar-refractivity contribution in [3.63, 3.8) is 0 Å². The SMILES string of the molecule is CC(C)N(C)C(=O)CN(CC1CCCN1)C1CC1. The predicted molar refractivity (Wildman–Crippen MR) is 73.5 cm³/mol. The summed E-state index contributed by atoms with van der Waals surface area (Å²) >= 11 is 0. The second-order valence-corrected chi connectivity index (χ2v) is 6.05. The lowest BCUT2D eigenvalue weighted by molar-refractivity contribution is -0.132. The molecule has 1 heterocycles. The molecule has 18 heavy (non-hydrogen) atoms. The highest BCUT2D eigenvalue weighted by Gasteiger charge is 2.33. The lowest BCUT2D eigenvalue weighted by Gasteiger charge is -2.29. The van der Waals surface area contributed by atoms with E-state index in [1.807, 2.05) is 11.9 Å². The molecule has 0 aromatic carbocycles. The molecule has 1 N–H and O–H groups in total. The van der Waals surface area contributed by atoms with Gasteiger partial charge in [0.05, 0.1) is 6.54 Å². The number of carbonyl (C=O) groups is 1. The molecule has 4 heteroatoms. The van der Waals surface area contributed by atoms with Crippen molar-refractivity contribution in [2.75, 3.05) is 26.7 Å². The number of hydrogen-bond donors (Lipinski definition) is 1. The molecule has 1 unspecified atom stereocenters. The molecule has 2 fully saturated rings. The average Bonchev–Trinajstić information content (AvgIpc) is 3.06. The van der Waals surface area contributed by atoms with E-state index in [2.05, 4.69) is 24.1 Å². The molecular weight excluding hydrogens is 226 g/mol. The largest absolute Gasteiger partial charge is 0.342 e. The third kappa shape index (κ3) is 3.69. The van der Waals surface area contributed by atoms with E-state index in [9.17, 15) is 4.79 Å². The maximum atomic E-state index is 12.2. The molecule has 1 aliphatic heterocycles. The number of amides is 1. The van der Waals surface area contributed by atoms with Crippen molar-refractivity contribution < 1.29 is 4.79 Å². The van der Waals surface area contributed by atoms with Gasteiger partial charge in [-0.25, -0.2) is 0 Å². The van der Waals surface area contributed by atoms with Gasteiger partial charge in [-0.1, -0.05) is 0 Å². The molecule has 1 aliphatic carbocycles. The van der Waals surface area contributed by atoms with Gasteiger partial charge in [0.2, 0.25) is 5.91 Å². The molecule has 1 saturated heterocycles. The molecule has 2 rings (SSSR count). The first-order valence-corrected chi connectivity index (χ1v) is 7.31. The van der Waals surface area contributed by atoms with Crippen molar-refractivity contribution in [2.45, 2.75) is 57.7 Å². The highest BCUT2D eigenvalue weighted by Crippen LogP contribution is 2.27. The molecule has 1 saturated carbocycles. The molecule has 1 amide bonds. The monoisotopic (exact) mass is 253 g/mol. The van der Waals surface area contributed by atoms with Crippen molar-refractivity contribution in [2.24, 2.45) is 0 Å². The summed E-state index contributed by atoms with van der Waals surface area (Å²) < 4.78 is 0. The van der Waals surface area contributed by atoms with Gasteiger partial charge in [-0.15, -0.1) is 0 Å². The van der Waals surface area contributed by atoms with E-state index in [0.29, 0.717) is 24.7 Å². The molecule has 1 atom stereocenters. The maximum absolute atomic E-state index is 12.2. The van der Waals surface area contributed by atoms with Crippen LogP contribution < -0.4 is 5.32 Å². The van der Waals surface area contributed by atoms with Gasteiger partial charge >= 0.3 is 0 Å². The van der Waals surface area contributed by atoms with Crippen LogP contribution in [0, 0.1) is 0 Å². The average molecular weight is 253 g/mol. The van der Waals surface area contributed by atoms with E-state index in [-0.39, 0.29) is 5.91 Å².